The molecule has 0 bridgehead atoms. The molecule has 24 heavy (non-hydrogen) atoms. The molecule has 1 aliphatic heterocycles. The molecule has 6 heteroatoms. The minimum Gasteiger partial charge on any atom is -0.480 e. The summed E-state index contributed by atoms with van der Waals surface area (Å²) >= 11 is 0. The molecule has 1 aromatic rings. The van der Waals surface area contributed by atoms with Crippen molar-refractivity contribution in [2.24, 2.45) is 5.92 Å². The van der Waals surface area contributed by atoms with E-state index >= 15 is 0 Å². The molecule has 2 fully saturated rings. The highest BCUT2D eigenvalue weighted by Crippen LogP contribution is 2.40. The first-order valence-electron chi connectivity index (χ1n) is 8.82. The Hall–Kier alpha value is -1.85. The number of amides is 1. The molecule has 1 amide bonds. The van der Waals surface area contributed by atoms with E-state index in [1.807, 2.05) is 32.4 Å². The zero-order valence-electron chi connectivity index (χ0n) is 15.0. The first-order chi connectivity index (χ1) is 11.2. The van der Waals surface area contributed by atoms with Crippen LogP contribution in [0.2, 0.25) is 0 Å². The van der Waals surface area contributed by atoms with Crippen LogP contribution in [0.25, 0.3) is 0 Å². The summed E-state index contributed by atoms with van der Waals surface area (Å²) in [6, 6.07) is -0.646. The van der Waals surface area contributed by atoms with E-state index in [1.54, 1.807) is 11.1 Å². The van der Waals surface area contributed by atoms with Gasteiger partial charge in [-0.3, -0.25) is 9.48 Å². The molecule has 3 atom stereocenters. The first kappa shape index (κ1) is 17.0. The van der Waals surface area contributed by atoms with E-state index in [-0.39, 0.29) is 17.5 Å². The summed E-state index contributed by atoms with van der Waals surface area (Å²) < 4.78 is 1.84. The van der Waals surface area contributed by atoms with Crippen molar-refractivity contribution in [1.82, 2.24) is 14.7 Å². The third-order valence-electron chi connectivity index (χ3n) is 5.48. The Morgan fingerprint density at radius 2 is 1.92 bits per heavy atom. The molecular formula is C18H27N3O3. The van der Waals surface area contributed by atoms with E-state index in [0.29, 0.717) is 17.9 Å². The Morgan fingerprint density at radius 1 is 1.25 bits per heavy atom. The van der Waals surface area contributed by atoms with Gasteiger partial charge in [-0.05, 0) is 52.9 Å². The third-order valence-corrected chi connectivity index (χ3v) is 5.48. The quantitative estimate of drug-likeness (QED) is 0.903. The molecular weight excluding hydrogens is 306 g/mol. The number of nitrogens with zero attached hydrogens (tertiary/aromatic N) is 3. The van der Waals surface area contributed by atoms with Gasteiger partial charge in [0.25, 0.3) is 5.91 Å². The molecule has 0 radical (unpaired) electrons. The van der Waals surface area contributed by atoms with Gasteiger partial charge < -0.3 is 10.0 Å². The van der Waals surface area contributed by atoms with Crippen molar-refractivity contribution >= 4 is 11.9 Å². The summed E-state index contributed by atoms with van der Waals surface area (Å²) in [7, 11) is 0. The van der Waals surface area contributed by atoms with E-state index in [2.05, 4.69) is 5.10 Å². The lowest BCUT2D eigenvalue weighted by atomic mass is 9.84. The van der Waals surface area contributed by atoms with Crippen LogP contribution in [0.1, 0.15) is 68.9 Å². The highest BCUT2D eigenvalue weighted by atomic mass is 16.4. The molecule has 132 valence electrons. The first-order valence-corrected chi connectivity index (χ1v) is 8.82. The molecule has 6 nitrogen and oxygen atoms in total. The van der Waals surface area contributed by atoms with Crippen LogP contribution in [-0.2, 0) is 10.3 Å². The summed E-state index contributed by atoms with van der Waals surface area (Å²) in [5.74, 6) is -0.745. The Kier molecular flexibility index (Phi) is 4.18. The number of rotatable bonds is 2. The fourth-order valence-corrected chi connectivity index (χ4v) is 4.41. The zero-order valence-corrected chi connectivity index (χ0v) is 15.0. The number of aromatic nitrogens is 2. The predicted molar refractivity (Wildman–Crippen MR) is 89.9 cm³/mol. The van der Waals surface area contributed by atoms with Crippen LogP contribution in [0, 0.1) is 12.8 Å². The van der Waals surface area contributed by atoms with Gasteiger partial charge >= 0.3 is 5.97 Å². The SMILES string of the molecule is Cc1c(C(=O)N2C(C(=O)O)CC3CCCCC32)cnn1C(C)(C)C. The highest BCUT2D eigenvalue weighted by molar-refractivity contribution is 5.98. The maximum absolute atomic E-state index is 13.2. The molecule has 1 aliphatic carbocycles. The lowest BCUT2D eigenvalue weighted by Crippen LogP contribution is -2.46. The third kappa shape index (κ3) is 2.72. The second-order valence-electron chi connectivity index (χ2n) is 8.14. The van der Waals surface area contributed by atoms with Crippen molar-refractivity contribution in [2.75, 3.05) is 0 Å². The average molecular weight is 333 g/mol. The Morgan fingerprint density at radius 3 is 2.50 bits per heavy atom. The maximum atomic E-state index is 13.2. The average Bonchev–Trinajstić information content (AvgIpc) is 3.06. The lowest BCUT2D eigenvalue weighted by Gasteiger charge is -2.33. The number of fused-ring (bicyclic) bond motifs is 1. The number of carboxylic acids is 1. The van der Waals surface area contributed by atoms with Gasteiger partial charge in [-0.15, -0.1) is 0 Å². The number of carboxylic acid groups (broad SMARTS) is 1. The number of hydrogen-bond acceptors (Lipinski definition) is 3. The number of carbonyl (C=O) groups is 2. The molecule has 2 aliphatic rings. The van der Waals surface area contributed by atoms with E-state index < -0.39 is 12.0 Å². The monoisotopic (exact) mass is 333 g/mol. The van der Waals surface area contributed by atoms with Crippen LogP contribution in [0.15, 0.2) is 6.20 Å². The fraction of sp³-hybridized carbons (Fsp3) is 0.722. The second kappa shape index (κ2) is 5.90. The lowest BCUT2D eigenvalue weighted by molar-refractivity contribution is -0.141. The van der Waals surface area contributed by atoms with Gasteiger partial charge in [-0.1, -0.05) is 12.8 Å². The van der Waals surface area contributed by atoms with Crippen molar-refractivity contribution in [3.05, 3.63) is 17.5 Å². The topological polar surface area (TPSA) is 75.4 Å². The van der Waals surface area contributed by atoms with Crippen LogP contribution >= 0.6 is 0 Å². The molecule has 0 aromatic carbocycles. The molecule has 1 saturated heterocycles. The summed E-state index contributed by atoms with van der Waals surface area (Å²) in [6.07, 6.45) is 6.31. The van der Waals surface area contributed by atoms with E-state index in [9.17, 15) is 14.7 Å². The van der Waals surface area contributed by atoms with Gasteiger partial charge in [-0.25, -0.2) is 4.79 Å². The van der Waals surface area contributed by atoms with Crippen LogP contribution in [0.5, 0.6) is 0 Å². The number of hydrogen-bond donors (Lipinski definition) is 1. The van der Waals surface area contributed by atoms with Crippen molar-refractivity contribution in [2.45, 2.75) is 77.4 Å². The second-order valence-corrected chi connectivity index (χ2v) is 8.14. The number of aliphatic carboxylic acids is 1. The van der Waals surface area contributed by atoms with Crippen LogP contribution in [-0.4, -0.2) is 43.7 Å². The molecule has 1 aromatic heterocycles. The molecule has 3 rings (SSSR count). The van der Waals surface area contributed by atoms with Crippen LogP contribution in [0.4, 0.5) is 0 Å². The Balaban J connectivity index is 1.95. The van der Waals surface area contributed by atoms with Crippen molar-refractivity contribution < 1.29 is 14.7 Å². The smallest absolute Gasteiger partial charge is 0.326 e. The minimum absolute atomic E-state index is 0.0599. The molecule has 1 N–H and O–H groups in total. The summed E-state index contributed by atoms with van der Waals surface area (Å²) in [4.78, 5) is 26.6. The van der Waals surface area contributed by atoms with E-state index in [1.165, 1.54) is 0 Å². The largest absolute Gasteiger partial charge is 0.480 e. The normalized spacial score (nSPS) is 27.2. The standard InChI is InChI=1S/C18H27N3O3/c1-11-13(10-19-21(11)18(2,3)4)16(22)20-14-8-6-5-7-12(14)9-15(20)17(23)24/h10,12,14-15H,5-9H2,1-4H3,(H,23,24). The number of likely N-dealkylation sites (tertiary alicyclic amines) is 1. The fourth-order valence-electron chi connectivity index (χ4n) is 4.41. The summed E-state index contributed by atoms with van der Waals surface area (Å²) in [5.41, 5.74) is 1.12. The van der Waals surface area contributed by atoms with Gasteiger partial charge in [-0.2, -0.15) is 5.10 Å². The molecule has 3 unspecified atom stereocenters. The van der Waals surface area contributed by atoms with E-state index in [0.717, 1.165) is 31.4 Å². The van der Waals surface area contributed by atoms with Gasteiger partial charge in [0.05, 0.1) is 17.3 Å². The van der Waals surface area contributed by atoms with Crippen LogP contribution < -0.4 is 0 Å². The van der Waals surface area contributed by atoms with Gasteiger partial charge in [0, 0.05) is 11.7 Å². The predicted octanol–water partition coefficient (Wildman–Crippen LogP) is 2.80. The van der Waals surface area contributed by atoms with Crippen molar-refractivity contribution in [1.29, 1.82) is 0 Å². The molecule has 0 spiro atoms. The van der Waals surface area contributed by atoms with Gasteiger partial charge in [0.15, 0.2) is 0 Å². The van der Waals surface area contributed by atoms with Crippen molar-refractivity contribution in [3.8, 4) is 0 Å². The Bertz CT molecular complexity index is 659. The van der Waals surface area contributed by atoms with E-state index in [4.69, 9.17) is 0 Å². The van der Waals surface area contributed by atoms with Gasteiger partial charge in [0.2, 0.25) is 0 Å². The van der Waals surface area contributed by atoms with Crippen molar-refractivity contribution in [3.63, 3.8) is 0 Å². The molecule has 2 heterocycles. The maximum Gasteiger partial charge on any atom is 0.326 e. The number of carbonyl (C=O) groups excluding carboxylic acids is 1. The summed E-state index contributed by atoms with van der Waals surface area (Å²) in [6.45, 7) is 7.99. The minimum atomic E-state index is -0.890. The van der Waals surface area contributed by atoms with Gasteiger partial charge in [0.1, 0.15) is 6.04 Å². The molecule has 1 saturated carbocycles. The highest BCUT2D eigenvalue weighted by Gasteiger charge is 2.48. The Labute approximate surface area is 142 Å². The zero-order chi connectivity index (χ0) is 17.6. The van der Waals surface area contributed by atoms with Crippen LogP contribution in [0.3, 0.4) is 0 Å². The summed E-state index contributed by atoms with van der Waals surface area (Å²) in [5, 5.41) is 14.0.